The first-order valence-corrected chi connectivity index (χ1v) is 5.31. The minimum Gasteiger partial charge on any atom is -0.852 e. The predicted molar refractivity (Wildman–Crippen MR) is 52.8 cm³/mol. The molecule has 86 valence electrons. The molecule has 5 heteroatoms. The Balaban J connectivity index is -0.000000188. The van der Waals surface area contributed by atoms with Gasteiger partial charge in [0.05, 0.1) is 0 Å². The number of hydrogen-bond donors (Lipinski definition) is 0. The molecule has 0 heterocycles. The summed E-state index contributed by atoms with van der Waals surface area (Å²) in [5.74, 6) is 0. The van der Waals surface area contributed by atoms with Crippen molar-refractivity contribution in [3.8, 4) is 0 Å². The van der Waals surface area contributed by atoms with Crippen LogP contribution in [0.4, 0.5) is 0 Å². The molecule has 0 saturated heterocycles. The first-order chi connectivity index (χ1) is 6.45. The van der Waals surface area contributed by atoms with Gasteiger partial charge in [0.15, 0.2) is 0 Å². The van der Waals surface area contributed by atoms with Crippen molar-refractivity contribution in [2.45, 2.75) is 57.7 Å². The molecule has 1 rings (SSSR count). The summed E-state index contributed by atoms with van der Waals surface area (Å²) >= 11 is 0. The molecule has 0 N–H and O–H groups in total. The second-order valence-corrected chi connectivity index (χ2v) is 4.45. The van der Waals surface area contributed by atoms with Crippen molar-refractivity contribution in [2.24, 2.45) is 0 Å². The molecule has 0 atom stereocenters. The van der Waals surface area contributed by atoms with Crippen LogP contribution in [0, 0.1) is 0 Å². The van der Waals surface area contributed by atoms with Crippen LogP contribution in [-0.4, -0.2) is 25.4 Å². The van der Waals surface area contributed by atoms with E-state index in [9.17, 15) is 10.2 Å². The number of hydrogen-bond acceptors (Lipinski definition) is 3. The zero-order valence-electron chi connectivity index (χ0n) is 11.5. The smallest absolute Gasteiger partial charge is 0.852 e. The van der Waals surface area contributed by atoms with E-state index >= 15 is 0 Å². The minimum atomic E-state index is -0.922. The molecule has 16 heavy (non-hydrogen) atoms. The van der Waals surface area contributed by atoms with Crippen LogP contribution in [-0.2, 0) is 4.74 Å². The van der Waals surface area contributed by atoms with Crippen molar-refractivity contribution in [3.63, 3.8) is 0 Å². The van der Waals surface area contributed by atoms with Crippen molar-refractivity contribution in [1.82, 2.24) is 0 Å². The average Bonchev–Trinajstić information content (AvgIpc) is 2.04. The summed E-state index contributed by atoms with van der Waals surface area (Å²) < 4.78 is 4.59. The second-order valence-electron chi connectivity index (χ2n) is 4.45. The maximum atomic E-state index is 10.6. The Kier molecular flexibility index (Phi) is 22.0. The summed E-state index contributed by atoms with van der Waals surface area (Å²) in [6, 6.07) is 0. The van der Waals surface area contributed by atoms with Gasteiger partial charge in [-0.15, -0.1) is 6.10 Å². The first-order valence-electron chi connectivity index (χ1n) is 5.31. The van der Waals surface area contributed by atoms with Crippen molar-refractivity contribution in [3.05, 3.63) is 0 Å². The molecular formula is C11H22K2O3. The van der Waals surface area contributed by atoms with Gasteiger partial charge in [-0.25, -0.2) is 0 Å². The van der Waals surface area contributed by atoms with Gasteiger partial charge in [0.25, 0.3) is 0 Å². The van der Waals surface area contributed by atoms with Crippen molar-refractivity contribution >= 4 is 0 Å². The third-order valence-electron chi connectivity index (χ3n) is 2.04. The molecule has 0 aromatic heterocycles. The largest absolute Gasteiger partial charge is 1.00 e. The molecule has 0 radical (unpaired) electrons. The van der Waals surface area contributed by atoms with Gasteiger partial charge in [0.2, 0.25) is 0 Å². The summed E-state index contributed by atoms with van der Waals surface area (Å²) in [7, 11) is 1.53. The number of methoxy groups -OCH3 is 1. The molecule has 0 bridgehead atoms. The molecule has 0 spiro atoms. The minimum absolute atomic E-state index is 0. The van der Waals surface area contributed by atoms with E-state index < -0.39 is 5.60 Å². The molecule has 1 fully saturated rings. The van der Waals surface area contributed by atoms with Gasteiger partial charge in [-0.1, -0.05) is 51.6 Å². The van der Waals surface area contributed by atoms with Gasteiger partial charge < -0.3 is 14.9 Å². The summed E-state index contributed by atoms with van der Waals surface area (Å²) in [6.45, 7) is 3.47. The van der Waals surface area contributed by atoms with E-state index in [0.29, 0.717) is 0 Å². The Hall–Kier alpha value is 3.15. The summed E-state index contributed by atoms with van der Waals surface area (Å²) in [5.41, 5.74) is -0.922. The maximum Gasteiger partial charge on any atom is 1.00 e. The molecule has 0 aromatic rings. The quantitative estimate of drug-likeness (QED) is 0.474. The van der Waals surface area contributed by atoms with Crippen molar-refractivity contribution < 1.29 is 118 Å². The van der Waals surface area contributed by atoms with Crippen LogP contribution in [0.2, 0.25) is 0 Å². The van der Waals surface area contributed by atoms with Crippen LogP contribution in [0.5, 0.6) is 0 Å². The van der Waals surface area contributed by atoms with E-state index in [2.05, 4.69) is 4.74 Å². The van der Waals surface area contributed by atoms with Crippen LogP contribution in [0.25, 0.3) is 0 Å². The van der Waals surface area contributed by atoms with Crippen LogP contribution in [0.15, 0.2) is 0 Å². The number of rotatable bonds is 2. The summed E-state index contributed by atoms with van der Waals surface area (Å²) in [5, 5.41) is 21.1. The van der Waals surface area contributed by atoms with Gasteiger partial charge in [0, 0.05) is 13.7 Å². The van der Waals surface area contributed by atoms with Crippen LogP contribution < -0.4 is 113 Å². The number of ether oxygens (including phenoxy) is 1. The van der Waals surface area contributed by atoms with E-state index in [0.717, 1.165) is 12.8 Å². The normalized spacial score (nSPS) is 16.3. The summed E-state index contributed by atoms with van der Waals surface area (Å²) in [6.07, 6.45) is 5.29. The molecule has 0 unspecified atom stereocenters. The second kappa shape index (κ2) is 14.6. The standard InChI is InChI=1S/C6H11O.C5H11O2.2K/c7-6-4-2-1-3-5-6;1-5(2,6)4-7-3;;/h6H,1-5H2;4H2,1-3H3;;/q2*-1;2*+1. The van der Waals surface area contributed by atoms with Gasteiger partial charge in [-0.2, -0.15) is 0 Å². The van der Waals surface area contributed by atoms with Crippen LogP contribution in [0.3, 0.4) is 0 Å². The fourth-order valence-electron chi connectivity index (χ4n) is 1.41. The molecule has 3 nitrogen and oxygen atoms in total. The van der Waals surface area contributed by atoms with E-state index in [1.54, 1.807) is 13.8 Å². The van der Waals surface area contributed by atoms with Crippen LogP contribution >= 0.6 is 0 Å². The van der Waals surface area contributed by atoms with Gasteiger partial charge >= 0.3 is 103 Å². The monoisotopic (exact) mass is 280 g/mol. The van der Waals surface area contributed by atoms with Gasteiger partial charge in [0.1, 0.15) is 0 Å². The zero-order chi connectivity index (χ0) is 11.0. The molecule has 0 aromatic carbocycles. The van der Waals surface area contributed by atoms with Gasteiger partial charge in [-0.05, 0) is 0 Å². The Morgan fingerprint density at radius 3 is 1.69 bits per heavy atom. The molecule has 0 amide bonds. The Morgan fingerprint density at radius 2 is 1.56 bits per heavy atom. The molecule has 1 aliphatic rings. The molecule has 1 saturated carbocycles. The molecule has 1 aliphatic carbocycles. The average molecular weight is 280 g/mol. The topological polar surface area (TPSA) is 55.3 Å². The molecule has 0 aliphatic heterocycles. The van der Waals surface area contributed by atoms with E-state index in [1.165, 1.54) is 26.4 Å². The Morgan fingerprint density at radius 1 is 1.12 bits per heavy atom. The van der Waals surface area contributed by atoms with E-state index in [4.69, 9.17) is 0 Å². The summed E-state index contributed by atoms with van der Waals surface area (Å²) in [4.78, 5) is 0. The predicted octanol–water partition coefficient (Wildman–Crippen LogP) is -5.54. The van der Waals surface area contributed by atoms with Crippen LogP contribution in [0.1, 0.15) is 46.0 Å². The Bertz CT molecular complexity index is 132. The SMILES string of the molecule is COCC(C)(C)[O-].[K+].[K+].[O-]C1CCCCC1. The fourth-order valence-corrected chi connectivity index (χ4v) is 1.41. The first kappa shape index (κ1) is 24.2. The Labute approximate surface area is 185 Å². The zero-order valence-corrected chi connectivity index (χ0v) is 17.8. The van der Waals surface area contributed by atoms with E-state index in [-0.39, 0.29) is 115 Å². The third-order valence-corrected chi connectivity index (χ3v) is 2.04. The van der Waals surface area contributed by atoms with Crippen molar-refractivity contribution in [1.29, 1.82) is 0 Å². The van der Waals surface area contributed by atoms with Gasteiger partial charge in [-0.3, -0.25) is 0 Å². The molecular weight excluding hydrogens is 258 g/mol. The van der Waals surface area contributed by atoms with E-state index in [1.807, 2.05) is 0 Å². The third kappa shape index (κ3) is 19.5. The maximum absolute atomic E-state index is 10.6. The fraction of sp³-hybridized carbons (Fsp3) is 1.00. The van der Waals surface area contributed by atoms with Crippen molar-refractivity contribution in [2.75, 3.05) is 13.7 Å².